The highest BCUT2D eigenvalue weighted by Crippen LogP contribution is 2.32. The van der Waals surface area contributed by atoms with Crippen LogP contribution in [0.4, 0.5) is 5.69 Å². The molecule has 0 aliphatic heterocycles. The van der Waals surface area contributed by atoms with Crippen molar-refractivity contribution in [2.24, 2.45) is 0 Å². The Balaban J connectivity index is 2.81. The maximum atomic E-state index is 12.1. The fourth-order valence-corrected chi connectivity index (χ4v) is 4.13. The van der Waals surface area contributed by atoms with Crippen LogP contribution in [0, 0.1) is 22.7 Å². The number of nitrogen functional groups attached to an aromatic ring is 1. The molecule has 1 rings (SSSR count). The van der Waals surface area contributed by atoms with Crippen LogP contribution < -0.4 is 5.73 Å². The Labute approximate surface area is 113 Å². The van der Waals surface area contributed by atoms with Crippen LogP contribution in [0.1, 0.15) is 43.0 Å². The van der Waals surface area contributed by atoms with E-state index in [9.17, 15) is 4.21 Å². The summed E-state index contributed by atoms with van der Waals surface area (Å²) in [5, 5.41) is 17.9. The Kier molecular flexibility index (Phi) is 5.84. The van der Waals surface area contributed by atoms with Crippen LogP contribution >= 0.6 is 11.3 Å². The highest BCUT2D eigenvalue weighted by Gasteiger charge is 2.19. The first-order chi connectivity index (χ1) is 8.65. The van der Waals surface area contributed by atoms with Gasteiger partial charge >= 0.3 is 0 Å². The van der Waals surface area contributed by atoms with E-state index in [1.807, 2.05) is 12.1 Å². The van der Waals surface area contributed by atoms with Gasteiger partial charge in [0.15, 0.2) is 0 Å². The van der Waals surface area contributed by atoms with Gasteiger partial charge in [0, 0.05) is 5.75 Å². The van der Waals surface area contributed by atoms with Crippen molar-refractivity contribution in [1.82, 2.24) is 0 Å². The number of hydrogen-bond donors (Lipinski definition) is 1. The average molecular weight is 281 g/mol. The van der Waals surface area contributed by atoms with Gasteiger partial charge < -0.3 is 5.73 Å². The van der Waals surface area contributed by atoms with Gasteiger partial charge in [-0.05, 0) is 6.42 Å². The third-order valence-corrected chi connectivity index (χ3v) is 5.51. The zero-order valence-electron chi connectivity index (χ0n) is 10.2. The number of nitrogens with zero attached hydrogens (tertiary/aromatic N) is 2. The average Bonchev–Trinajstić information content (AvgIpc) is 2.70. The summed E-state index contributed by atoms with van der Waals surface area (Å²) in [6.07, 6.45) is 4.15. The van der Waals surface area contributed by atoms with Crippen LogP contribution in [0.15, 0.2) is 4.21 Å². The van der Waals surface area contributed by atoms with Gasteiger partial charge in [-0.25, -0.2) is 0 Å². The third kappa shape index (κ3) is 3.32. The molecule has 0 spiro atoms. The number of anilines is 1. The van der Waals surface area contributed by atoms with E-state index < -0.39 is 10.8 Å². The Morgan fingerprint density at radius 1 is 1.28 bits per heavy atom. The highest BCUT2D eigenvalue weighted by molar-refractivity contribution is 7.87. The molecule has 1 heterocycles. The molecule has 0 aromatic carbocycles. The smallest absolute Gasteiger partial charge is 0.130 e. The number of nitriles is 2. The lowest BCUT2D eigenvalue weighted by Gasteiger charge is -2.00. The Morgan fingerprint density at radius 2 is 2.00 bits per heavy atom. The molecule has 0 fully saturated rings. The van der Waals surface area contributed by atoms with Gasteiger partial charge in [-0.2, -0.15) is 10.5 Å². The molecule has 1 aromatic rings. The lowest BCUT2D eigenvalue weighted by atomic mass is 10.2. The molecule has 0 radical (unpaired) electrons. The van der Waals surface area contributed by atoms with Crippen molar-refractivity contribution in [3.8, 4) is 12.1 Å². The molecular formula is C12H15N3OS2. The van der Waals surface area contributed by atoms with E-state index in [1.165, 1.54) is 0 Å². The van der Waals surface area contributed by atoms with Crippen molar-refractivity contribution in [3.05, 3.63) is 10.4 Å². The number of unbranched alkanes of at least 4 members (excludes halogenated alkanes) is 3. The van der Waals surface area contributed by atoms with E-state index >= 15 is 0 Å². The maximum Gasteiger partial charge on any atom is 0.130 e. The summed E-state index contributed by atoms with van der Waals surface area (Å²) < 4.78 is 12.5. The second kappa shape index (κ2) is 7.15. The first kappa shape index (κ1) is 14.7. The maximum absolute atomic E-state index is 12.1. The second-order valence-corrected chi connectivity index (χ2v) is 6.63. The number of nitrogens with two attached hydrogens (primary N) is 1. The van der Waals surface area contributed by atoms with E-state index in [2.05, 4.69) is 6.92 Å². The third-order valence-electron chi connectivity index (χ3n) is 2.52. The molecule has 4 nitrogen and oxygen atoms in total. The van der Waals surface area contributed by atoms with Crippen molar-refractivity contribution in [3.63, 3.8) is 0 Å². The molecule has 0 saturated carbocycles. The zero-order chi connectivity index (χ0) is 13.5. The largest absolute Gasteiger partial charge is 0.396 e. The molecular weight excluding hydrogens is 266 g/mol. The van der Waals surface area contributed by atoms with Crippen molar-refractivity contribution in [1.29, 1.82) is 10.5 Å². The van der Waals surface area contributed by atoms with Crippen LogP contribution in [0.25, 0.3) is 0 Å². The molecule has 2 N–H and O–H groups in total. The second-order valence-electron chi connectivity index (χ2n) is 3.84. The topological polar surface area (TPSA) is 90.7 Å². The lowest BCUT2D eigenvalue weighted by molar-refractivity contribution is 0.669. The normalized spacial score (nSPS) is 11.7. The number of hydrogen-bond acceptors (Lipinski definition) is 5. The predicted molar refractivity (Wildman–Crippen MR) is 73.6 cm³/mol. The van der Waals surface area contributed by atoms with Crippen molar-refractivity contribution in [2.75, 3.05) is 11.5 Å². The summed E-state index contributed by atoms with van der Waals surface area (Å²) in [4.78, 5) is 0.281. The summed E-state index contributed by atoms with van der Waals surface area (Å²) in [7, 11) is -1.22. The fraction of sp³-hybridized carbons (Fsp3) is 0.500. The molecule has 1 aromatic heterocycles. The first-order valence-corrected chi connectivity index (χ1v) is 7.90. The molecule has 18 heavy (non-hydrogen) atoms. The Bertz CT molecular complexity index is 523. The van der Waals surface area contributed by atoms with Gasteiger partial charge in [-0.1, -0.05) is 26.2 Å². The number of thiophene rings is 1. The minimum absolute atomic E-state index is 0.168. The molecule has 0 amide bonds. The Hall–Kier alpha value is -1.37. The molecule has 0 aliphatic carbocycles. The Morgan fingerprint density at radius 3 is 2.56 bits per heavy atom. The fourth-order valence-electron chi connectivity index (χ4n) is 1.52. The van der Waals surface area contributed by atoms with Crippen LogP contribution in [0.3, 0.4) is 0 Å². The minimum Gasteiger partial charge on any atom is -0.396 e. The quantitative estimate of drug-likeness (QED) is 0.812. The van der Waals surface area contributed by atoms with Crippen LogP contribution in [-0.2, 0) is 10.8 Å². The van der Waals surface area contributed by atoms with Gasteiger partial charge in [-0.15, -0.1) is 11.3 Å². The van der Waals surface area contributed by atoms with E-state index in [0.29, 0.717) is 9.96 Å². The number of rotatable bonds is 6. The van der Waals surface area contributed by atoms with Crippen LogP contribution in [0.2, 0.25) is 0 Å². The summed E-state index contributed by atoms with van der Waals surface area (Å²) >= 11 is 1.07. The van der Waals surface area contributed by atoms with Gasteiger partial charge in [0.25, 0.3) is 0 Å². The molecule has 0 saturated heterocycles. The molecule has 6 heteroatoms. The van der Waals surface area contributed by atoms with Gasteiger partial charge in [0.1, 0.15) is 26.8 Å². The highest BCUT2D eigenvalue weighted by atomic mass is 32.2. The SMILES string of the molecule is CCCCCCS(=O)c1sc(C#N)c(N)c1C#N. The lowest BCUT2D eigenvalue weighted by Crippen LogP contribution is -1.99. The summed E-state index contributed by atoms with van der Waals surface area (Å²) in [6, 6.07) is 3.87. The standard InChI is InChI=1S/C12H15N3OS2/c1-2-3-4-5-6-18(16)12-9(7-13)11(15)10(8-14)17-12/h2-6,15H2,1H3. The van der Waals surface area contributed by atoms with E-state index in [-0.39, 0.29) is 16.1 Å². The molecule has 0 aliphatic rings. The summed E-state index contributed by atoms with van der Waals surface area (Å²) in [6.45, 7) is 2.11. The molecule has 0 bridgehead atoms. The van der Waals surface area contributed by atoms with Crippen LogP contribution in [0.5, 0.6) is 0 Å². The van der Waals surface area contributed by atoms with Gasteiger partial charge in [-0.3, -0.25) is 4.21 Å². The summed E-state index contributed by atoms with van der Waals surface area (Å²) in [5.41, 5.74) is 6.05. The predicted octanol–water partition coefficient (Wildman–Crippen LogP) is 2.76. The van der Waals surface area contributed by atoms with Crippen molar-refractivity contribution >= 4 is 27.8 Å². The molecule has 1 atom stereocenters. The van der Waals surface area contributed by atoms with Crippen molar-refractivity contribution in [2.45, 2.75) is 36.8 Å². The monoisotopic (exact) mass is 281 g/mol. The molecule has 1 unspecified atom stereocenters. The van der Waals surface area contributed by atoms with E-state index in [1.54, 1.807) is 0 Å². The van der Waals surface area contributed by atoms with Crippen LogP contribution in [-0.4, -0.2) is 9.96 Å². The summed E-state index contributed by atoms with van der Waals surface area (Å²) in [5.74, 6) is 0.527. The van der Waals surface area contributed by atoms with E-state index in [4.69, 9.17) is 16.3 Å². The zero-order valence-corrected chi connectivity index (χ0v) is 11.9. The first-order valence-electron chi connectivity index (χ1n) is 5.76. The van der Waals surface area contributed by atoms with Gasteiger partial charge in [0.05, 0.1) is 16.5 Å². The van der Waals surface area contributed by atoms with Crippen molar-refractivity contribution < 1.29 is 4.21 Å². The minimum atomic E-state index is -1.22. The molecule has 96 valence electrons. The van der Waals surface area contributed by atoms with E-state index in [0.717, 1.165) is 37.0 Å². The van der Waals surface area contributed by atoms with Gasteiger partial charge in [0.2, 0.25) is 0 Å².